The van der Waals surface area contributed by atoms with E-state index in [-0.39, 0.29) is 0 Å². The second-order valence-corrected chi connectivity index (χ2v) is 14.9. The predicted octanol–water partition coefficient (Wildman–Crippen LogP) is 10.7. The Morgan fingerprint density at radius 1 is 0.354 bits per heavy atom. The van der Waals surface area contributed by atoms with Crippen LogP contribution in [0.4, 0.5) is 0 Å². The summed E-state index contributed by atoms with van der Waals surface area (Å²) >= 11 is 0. The van der Waals surface area contributed by atoms with Crippen molar-refractivity contribution in [2.75, 3.05) is 0 Å². The van der Waals surface area contributed by atoms with Gasteiger partial charge >= 0.3 is 0 Å². The fourth-order valence-corrected chi connectivity index (χ4v) is 9.98. The fourth-order valence-electron chi connectivity index (χ4n) is 7.46. The molecule has 0 saturated carbocycles. The van der Waals surface area contributed by atoms with E-state index in [2.05, 4.69) is 109 Å². The number of rotatable bonds is 5. The lowest BCUT2D eigenvalue weighted by atomic mass is 9.82. The summed E-state index contributed by atoms with van der Waals surface area (Å²) in [6.07, 6.45) is 1.93. The maximum Gasteiger partial charge on any atom is 0.188 e. The quantitative estimate of drug-likeness (QED) is 0.107. The molecule has 0 N–H and O–H groups in total. The van der Waals surface area contributed by atoms with Gasteiger partial charge in [0.05, 0.1) is 0 Å². The molecule has 0 amide bonds. The van der Waals surface area contributed by atoms with Gasteiger partial charge in [-0.2, -0.15) is 0 Å². The third-order valence-electron chi connectivity index (χ3n) is 9.56. The van der Waals surface area contributed by atoms with Crippen LogP contribution in [0.25, 0.3) is 65.3 Å². The molecule has 3 heteroatoms. The molecule has 0 bridgehead atoms. The summed E-state index contributed by atoms with van der Waals surface area (Å²) in [6, 6.07) is 60.6. The summed E-state index contributed by atoms with van der Waals surface area (Å²) in [5.74, 6) is 0. The van der Waals surface area contributed by atoms with Crippen molar-refractivity contribution in [3.63, 3.8) is 0 Å². The van der Waals surface area contributed by atoms with Crippen molar-refractivity contribution in [2.24, 2.45) is 0 Å². The van der Waals surface area contributed by atoms with Gasteiger partial charge in [-0.3, -0.25) is 4.98 Å². The van der Waals surface area contributed by atoms with Gasteiger partial charge in [-0.1, -0.05) is 170 Å². The van der Waals surface area contributed by atoms with Gasteiger partial charge in [0, 0.05) is 22.4 Å². The molecule has 8 aromatic carbocycles. The third-order valence-corrected chi connectivity index (χ3v) is 12.5. The summed E-state index contributed by atoms with van der Waals surface area (Å²) < 4.78 is 15.2. The first-order valence-corrected chi connectivity index (χ1v) is 18.0. The normalized spacial score (nSPS) is 11.8. The second-order valence-electron chi connectivity index (χ2n) is 12.2. The minimum atomic E-state index is -3.21. The van der Waals surface area contributed by atoms with E-state index < -0.39 is 7.14 Å². The first-order valence-electron chi connectivity index (χ1n) is 16.2. The highest BCUT2D eigenvalue weighted by Crippen LogP contribution is 2.49. The van der Waals surface area contributed by atoms with Crippen LogP contribution in [0.2, 0.25) is 0 Å². The number of aromatic nitrogens is 1. The van der Waals surface area contributed by atoms with E-state index in [1.807, 2.05) is 72.9 Å². The van der Waals surface area contributed by atoms with Crippen LogP contribution in [-0.2, 0) is 4.57 Å². The Kier molecular flexibility index (Phi) is 6.78. The molecule has 9 rings (SSSR count). The van der Waals surface area contributed by atoms with Crippen molar-refractivity contribution < 1.29 is 4.57 Å². The monoisotopic (exact) mass is 631 g/mol. The van der Waals surface area contributed by atoms with Crippen LogP contribution in [0, 0.1) is 0 Å². The molecule has 0 unspecified atom stereocenters. The maximum atomic E-state index is 15.2. The lowest BCUT2D eigenvalue weighted by Gasteiger charge is -2.22. The highest BCUT2D eigenvalue weighted by Gasteiger charge is 2.31. The number of hydrogen-bond acceptors (Lipinski definition) is 2. The molecule has 48 heavy (non-hydrogen) atoms. The van der Waals surface area contributed by atoms with Crippen molar-refractivity contribution in [3.8, 4) is 22.3 Å². The zero-order valence-electron chi connectivity index (χ0n) is 26.1. The van der Waals surface area contributed by atoms with Gasteiger partial charge in [-0.25, -0.2) is 0 Å². The average Bonchev–Trinajstić information content (AvgIpc) is 3.18. The van der Waals surface area contributed by atoms with Crippen molar-refractivity contribution >= 4 is 66.3 Å². The number of benzene rings is 8. The minimum absolute atomic E-state index is 0.577. The molecule has 1 heterocycles. The SMILES string of the molecule is O=P(c1ccccc1)(c1ccccc1)c1ccc(-c2c3ccccc3c(-c3ccccc3)c3c4ccccc4c4ccccc4c23)cn1. The van der Waals surface area contributed by atoms with E-state index in [1.165, 1.54) is 48.8 Å². The zero-order chi connectivity index (χ0) is 32.1. The number of hydrogen-bond donors (Lipinski definition) is 0. The van der Waals surface area contributed by atoms with E-state index in [4.69, 9.17) is 4.98 Å². The molecule has 0 aliphatic heterocycles. The Morgan fingerprint density at radius 3 is 1.21 bits per heavy atom. The van der Waals surface area contributed by atoms with Gasteiger partial charge in [0.2, 0.25) is 0 Å². The molecule has 226 valence electrons. The summed E-state index contributed by atoms with van der Waals surface area (Å²) in [4.78, 5) is 5.05. The molecule has 1 aromatic heterocycles. The van der Waals surface area contributed by atoms with E-state index >= 15 is 4.57 Å². The summed E-state index contributed by atoms with van der Waals surface area (Å²) in [6.45, 7) is 0. The van der Waals surface area contributed by atoms with Gasteiger partial charge in [-0.05, 0) is 65.8 Å². The highest BCUT2D eigenvalue weighted by atomic mass is 31.2. The van der Waals surface area contributed by atoms with Crippen LogP contribution in [0.3, 0.4) is 0 Å². The summed E-state index contributed by atoms with van der Waals surface area (Å²) in [5.41, 5.74) is 5.12. The smallest absolute Gasteiger partial charge is 0.188 e. The molecule has 9 aromatic rings. The Balaban J connectivity index is 1.40. The van der Waals surface area contributed by atoms with Gasteiger partial charge in [0.15, 0.2) is 7.14 Å². The van der Waals surface area contributed by atoms with Crippen LogP contribution in [0.15, 0.2) is 182 Å². The molecule has 0 aliphatic carbocycles. The molecule has 0 radical (unpaired) electrons. The molecule has 2 nitrogen and oxygen atoms in total. The molecule has 0 fully saturated rings. The molecule has 0 spiro atoms. The summed E-state index contributed by atoms with van der Waals surface area (Å²) in [5, 5.41) is 11.2. The van der Waals surface area contributed by atoms with Crippen LogP contribution in [0.5, 0.6) is 0 Å². The Bertz CT molecular complexity index is 2630. The first-order chi connectivity index (χ1) is 23.7. The Morgan fingerprint density at radius 2 is 0.750 bits per heavy atom. The molecule has 0 aliphatic rings. The van der Waals surface area contributed by atoms with E-state index in [9.17, 15) is 0 Å². The lowest BCUT2D eigenvalue weighted by molar-refractivity contribution is 0.592. The van der Waals surface area contributed by atoms with Crippen molar-refractivity contribution in [1.82, 2.24) is 4.98 Å². The van der Waals surface area contributed by atoms with E-state index in [1.54, 1.807) is 0 Å². The Hall–Kier alpha value is -5.82. The van der Waals surface area contributed by atoms with Crippen LogP contribution in [0.1, 0.15) is 0 Å². The standard InChI is InChI=1S/C45H30NOP/c47-48(33-18-6-2-7-19-33,34-20-8-3-9-21-34)41-29-28-32(30-46-41)43-40-27-15-14-26-39(40)42(31-16-4-1-5-17-31)44-37-24-12-10-22-35(37)36-23-11-13-25-38(36)45(43)44/h1-30H. The topological polar surface area (TPSA) is 30.0 Å². The van der Waals surface area contributed by atoms with Gasteiger partial charge in [0.25, 0.3) is 0 Å². The predicted molar refractivity (Wildman–Crippen MR) is 205 cm³/mol. The number of fused-ring (bicyclic) bond motifs is 7. The third kappa shape index (κ3) is 4.34. The van der Waals surface area contributed by atoms with Crippen LogP contribution < -0.4 is 16.0 Å². The van der Waals surface area contributed by atoms with Gasteiger partial charge in [-0.15, -0.1) is 0 Å². The molecular formula is C45H30NOP. The largest absolute Gasteiger partial charge is 0.307 e. The van der Waals surface area contributed by atoms with Gasteiger partial charge < -0.3 is 4.57 Å². The van der Waals surface area contributed by atoms with E-state index in [0.717, 1.165) is 27.1 Å². The van der Waals surface area contributed by atoms with Crippen molar-refractivity contribution in [1.29, 1.82) is 0 Å². The minimum Gasteiger partial charge on any atom is -0.307 e. The zero-order valence-corrected chi connectivity index (χ0v) is 27.0. The second kappa shape index (κ2) is 11.5. The van der Waals surface area contributed by atoms with Crippen molar-refractivity contribution in [2.45, 2.75) is 0 Å². The average molecular weight is 632 g/mol. The lowest BCUT2D eigenvalue weighted by Crippen LogP contribution is -2.26. The number of pyridine rings is 1. The van der Waals surface area contributed by atoms with Crippen LogP contribution in [-0.4, -0.2) is 4.98 Å². The highest BCUT2D eigenvalue weighted by molar-refractivity contribution is 7.85. The number of nitrogens with zero attached hydrogens (tertiary/aromatic N) is 1. The Labute approximate surface area is 279 Å². The molecule has 0 atom stereocenters. The van der Waals surface area contributed by atoms with Crippen molar-refractivity contribution in [3.05, 3.63) is 182 Å². The van der Waals surface area contributed by atoms with Crippen LogP contribution >= 0.6 is 7.14 Å². The summed E-state index contributed by atoms with van der Waals surface area (Å²) in [7, 11) is -3.21. The fraction of sp³-hybridized carbons (Fsp3) is 0. The molecule has 0 saturated heterocycles. The van der Waals surface area contributed by atoms with Gasteiger partial charge in [0.1, 0.15) is 5.44 Å². The molecular weight excluding hydrogens is 601 g/mol. The van der Waals surface area contributed by atoms with E-state index in [0.29, 0.717) is 5.44 Å². The maximum absolute atomic E-state index is 15.2. The first kappa shape index (κ1) is 28.4.